The summed E-state index contributed by atoms with van der Waals surface area (Å²) in [7, 11) is 11.4. The van der Waals surface area contributed by atoms with E-state index in [-0.39, 0.29) is 5.41 Å². The molecule has 0 saturated carbocycles. The Balaban J connectivity index is 1.06. The molecule has 0 N–H and O–H groups in total. The number of anilines is 6. The van der Waals surface area contributed by atoms with Crippen LogP contribution in [0.1, 0.15) is 47.2 Å². The van der Waals surface area contributed by atoms with Crippen molar-refractivity contribution in [2.45, 2.75) is 24.7 Å². The standard InChI is InChI=1S/C64H51B5N2/c1-63(2)50-24-12-9-22-46(50)49-23-15-27-55(57(49)63)71(41-30-28-38(29-31-41)56-58(65)60(67)62(69)61(68)59(56)66)43-33-35-48-45-21-11-14-26-52(45)64(54(48)37-43)51-25-13-10-20-44(51)47-34-32-42(36-53(47)64)70(39-16-5-3-6-17-39)40-18-7-4-8-19-40/h3-37H,65-69H2,1-2H3. The summed E-state index contributed by atoms with van der Waals surface area (Å²) in [5, 5.41) is 0. The van der Waals surface area contributed by atoms with Gasteiger partial charge in [-0.05, 0) is 145 Å². The molecule has 10 aromatic carbocycles. The molecule has 7 heteroatoms. The van der Waals surface area contributed by atoms with Gasteiger partial charge in [-0.25, -0.2) is 0 Å². The number of nitrogens with zero attached hydrogens (tertiary/aromatic N) is 2. The molecule has 3 aliphatic carbocycles. The van der Waals surface area contributed by atoms with Crippen molar-refractivity contribution in [2.24, 2.45) is 0 Å². The zero-order valence-electron chi connectivity index (χ0n) is 41.6. The van der Waals surface area contributed by atoms with E-state index in [1.165, 1.54) is 111 Å². The fraction of sp³-hybridized carbons (Fsp3) is 0.0625. The Labute approximate surface area is 423 Å². The predicted molar refractivity (Wildman–Crippen MR) is 316 cm³/mol. The van der Waals surface area contributed by atoms with E-state index in [1.54, 1.807) is 0 Å². The molecular weight excluding hydrogens is 851 g/mol. The van der Waals surface area contributed by atoms with Crippen LogP contribution in [0.2, 0.25) is 0 Å². The second kappa shape index (κ2) is 16.1. The van der Waals surface area contributed by atoms with Crippen molar-refractivity contribution in [3.8, 4) is 44.5 Å². The van der Waals surface area contributed by atoms with Crippen LogP contribution in [0.4, 0.5) is 34.1 Å². The Bertz CT molecular complexity index is 3730. The van der Waals surface area contributed by atoms with Crippen molar-refractivity contribution in [3.05, 3.63) is 246 Å². The molecule has 332 valence electrons. The van der Waals surface area contributed by atoms with E-state index in [0.29, 0.717) is 0 Å². The zero-order valence-corrected chi connectivity index (χ0v) is 41.6. The molecule has 0 bridgehead atoms. The summed E-state index contributed by atoms with van der Waals surface area (Å²) < 4.78 is 0. The molecule has 2 nitrogen and oxygen atoms in total. The Morgan fingerprint density at radius 2 is 0.704 bits per heavy atom. The molecule has 3 aliphatic rings. The van der Waals surface area contributed by atoms with Gasteiger partial charge in [0.05, 0.1) is 11.1 Å². The maximum absolute atomic E-state index is 2.56. The summed E-state index contributed by atoms with van der Waals surface area (Å²) >= 11 is 0. The van der Waals surface area contributed by atoms with Crippen LogP contribution in [0.15, 0.2) is 212 Å². The molecule has 1 unspecified atom stereocenters. The third kappa shape index (κ3) is 6.15. The van der Waals surface area contributed by atoms with Crippen LogP contribution >= 0.6 is 0 Å². The number of para-hydroxylation sites is 2. The smallest absolute Gasteiger partial charge is 0.139 e. The van der Waals surface area contributed by atoms with Gasteiger partial charge in [0, 0.05) is 33.9 Å². The van der Waals surface area contributed by atoms with Crippen molar-refractivity contribution in [1.29, 1.82) is 0 Å². The zero-order chi connectivity index (χ0) is 48.3. The number of benzene rings is 10. The summed E-state index contributed by atoms with van der Waals surface area (Å²) in [5.41, 5.74) is 31.2. The third-order valence-corrected chi connectivity index (χ3v) is 16.8. The minimum atomic E-state index is -0.581. The van der Waals surface area contributed by atoms with Crippen LogP contribution in [0, 0.1) is 0 Å². The van der Waals surface area contributed by atoms with Crippen LogP contribution < -0.4 is 37.1 Å². The first-order valence-corrected chi connectivity index (χ1v) is 25.2. The molecule has 0 fully saturated rings. The fourth-order valence-corrected chi connectivity index (χ4v) is 13.1. The molecular formula is C64H51B5N2. The van der Waals surface area contributed by atoms with Gasteiger partial charge in [0.1, 0.15) is 39.2 Å². The van der Waals surface area contributed by atoms with Gasteiger partial charge < -0.3 is 9.80 Å². The molecule has 1 spiro atoms. The minimum Gasteiger partial charge on any atom is -0.310 e. The summed E-state index contributed by atoms with van der Waals surface area (Å²) in [6.07, 6.45) is 0. The summed E-state index contributed by atoms with van der Waals surface area (Å²) in [4.78, 5) is 4.96. The normalized spacial score (nSPS) is 15.1. The second-order valence-electron chi connectivity index (χ2n) is 20.6. The highest BCUT2D eigenvalue weighted by Crippen LogP contribution is 2.64. The second-order valence-corrected chi connectivity index (χ2v) is 20.6. The van der Waals surface area contributed by atoms with Gasteiger partial charge in [-0.15, -0.1) is 16.4 Å². The van der Waals surface area contributed by atoms with Crippen molar-refractivity contribution in [1.82, 2.24) is 0 Å². The maximum Gasteiger partial charge on any atom is 0.139 e. The first kappa shape index (κ1) is 43.2. The van der Waals surface area contributed by atoms with Crippen molar-refractivity contribution < 1.29 is 0 Å². The summed E-state index contributed by atoms with van der Waals surface area (Å²) in [6.45, 7) is 4.81. The molecule has 0 amide bonds. The van der Waals surface area contributed by atoms with E-state index in [4.69, 9.17) is 0 Å². The largest absolute Gasteiger partial charge is 0.310 e. The van der Waals surface area contributed by atoms with Gasteiger partial charge >= 0.3 is 0 Å². The monoisotopic (exact) mass is 902 g/mol. The average Bonchev–Trinajstić information content (AvgIpc) is 3.97. The quantitative estimate of drug-likeness (QED) is 0.149. The van der Waals surface area contributed by atoms with Crippen molar-refractivity contribution in [3.63, 3.8) is 0 Å². The van der Waals surface area contributed by atoms with E-state index in [1.807, 2.05) is 0 Å². The Morgan fingerprint density at radius 3 is 1.24 bits per heavy atom. The van der Waals surface area contributed by atoms with Gasteiger partial charge in [0.2, 0.25) is 0 Å². The van der Waals surface area contributed by atoms with E-state index in [2.05, 4.69) is 275 Å². The Morgan fingerprint density at radius 1 is 0.310 bits per heavy atom. The van der Waals surface area contributed by atoms with Gasteiger partial charge in [0.15, 0.2) is 0 Å². The predicted octanol–water partition coefficient (Wildman–Crippen LogP) is 8.24. The Hall–Kier alpha value is -7.88. The third-order valence-electron chi connectivity index (χ3n) is 16.8. The number of hydrogen-bond acceptors (Lipinski definition) is 2. The maximum atomic E-state index is 2.56. The number of hydrogen-bond donors (Lipinski definition) is 0. The number of rotatable bonds is 7. The number of fused-ring (bicyclic) bond motifs is 13. The van der Waals surface area contributed by atoms with Crippen molar-refractivity contribution >= 4 is 101 Å². The van der Waals surface area contributed by atoms with Crippen LogP contribution in [-0.4, -0.2) is 39.2 Å². The van der Waals surface area contributed by atoms with Crippen LogP contribution in [0.25, 0.3) is 44.5 Å². The van der Waals surface area contributed by atoms with Gasteiger partial charge in [0.25, 0.3) is 0 Å². The molecule has 0 radical (unpaired) electrons. The van der Waals surface area contributed by atoms with E-state index >= 15 is 0 Å². The van der Waals surface area contributed by atoms with E-state index in [9.17, 15) is 0 Å². The average molecular weight is 902 g/mol. The SMILES string of the molecule is Bc1c(B)c(B)c(-c2ccc(N(c3ccc4c(c3)C3(c5ccccc5-c5ccc(N(c6ccccc6)c6ccccc6)cc53)c3ccccc3-4)c3cccc4c3C(C)(C)c3ccccc3-4)cc2)c(B)c1B. The fourth-order valence-electron chi connectivity index (χ4n) is 13.1. The van der Waals surface area contributed by atoms with Gasteiger partial charge in [-0.2, -0.15) is 0 Å². The first-order valence-electron chi connectivity index (χ1n) is 25.2. The van der Waals surface area contributed by atoms with Gasteiger partial charge in [-0.3, -0.25) is 0 Å². The lowest BCUT2D eigenvalue weighted by molar-refractivity contribution is 0.661. The molecule has 0 heterocycles. The molecule has 1 atom stereocenters. The van der Waals surface area contributed by atoms with Crippen LogP contribution in [0.3, 0.4) is 0 Å². The topological polar surface area (TPSA) is 6.48 Å². The highest BCUT2D eigenvalue weighted by atomic mass is 15.2. The van der Waals surface area contributed by atoms with E-state index in [0.717, 1.165) is 28.4 Å². The Kier molecular flexibility index (Phi) is 9.78. The van der Waals surface area contributed by atoms with Crippen LogP contribution in [0.5, 0.6) is 0 Å². The minimum absolute atomic E-state index is 0.233. The highest BCUT2D eigenvalue weighted by Gasteiger charge is 2.52. The van der Waals surface area contributed by atoms with Crippen molar-refractivity contribution in [2.75, 3.05) is 9.80 Å². The van der Waals surface area contributed by atoms with Crippen LogP contribution in [-0.2, 0) is 10.8 Å². The molecule has 0 aromatic heterocycles. The van der Waals surface area contributed by atoms with Gasteiger partial charge in [-0.1, -0.05) is 170 Å². The van der Waals surface area contributed by atoms with E-state index < -0.39 is 5.41 Å². The molecule has 13 rings (SSSR count). The lowest BCUT2D eigenvalue weighted by atomic mass is 9.60. The molecule has 0 aliphatic heterocycles. The first-order chi connectivity index (χ1) is 34.6. The lowest BCUT2D eigenvalue weighted by Gasteiger charge is -2.35. The summed E-state index contributed by atoms with van der Waals surface area (Å²) in [6, 6.07) is 79.8. The molecule has 0 saturated heterocycles. The summed E-state index contributed by atoms with van der Waals surface area (Å²) in [5.74, 6) is 0. The molecule has 10 aromatic rings. The molecule has 71 heavy (non-hydrogen) atoms. The lowest BCUT2D eigenvalue weighted by Crippen LogP contribution is -2.55. The highest BCUT2D eigenvalue weighted by molar-refractivity contribution is 6.68.